The van der Waals surface area contributed by atoms with Gasteiger partial charge in [0.1, 0.15) is 17.3 Å². The number of rotatable bonds is 6. The molecule has 1 heterocycles. The highest BCUT2D eigenvalue weighted by atomic mass is 35.5. The topological polar surface area (TPSA) is 72.0 Å². The molecule has 9 heteroatoms. The lowest BCUT2D eigenvalue weighted by Crippen LogP contribution is -2.25. The Kier molecular flexibility index (Phi) is 5.46. The molecule has 0 saturated heterocycles. The second-order valence-electron chi connectivity index (χ2n) is 6.23. The van der Waals surface area contributed by atoms with E-state index in [2.05, 4.69) is 15.3 Å². The second-order valence-corrected chi connectivity index (χ2v) is 6.61. The van der Waals surface area contributed by atoms with Gasteiger partial charge in [0.25, 0.3) is 5.91 Å². The molecule has 0 unspecified atom stereocenters. The van der Waals surface area contributed by atoms with Crippen molar-refractivity contribution in [2.45, 2.75) is 32.0 Å². The number of aromatic nitrogens is 2. The molecular weight excluding hydrogens is 383 g/mol. The van der Waals surface area contributed by atoms with Gasteiger partial charge in [0, 0.05) is 18.7 Å². The molecule has 1 fully saturated rings. The van der Waals surface area contributed by atoms with Gasteiger partial charge in [0.2, 0.25) is 0 Å². The minimum absolute atomic E-state index is 0.0340. The van der Waals surface area contributed by atoms with E-state index in [1.54, 1.807) is 0 Å². The fourth-order valence-corrected chi connectivity index (χ4v) is 2.82. The maximum atomic E-state index is 12.9. The van der Waals surface area contributed by atoms with Gasteiger partial charge in [0.15, 0.2) is 0 Å². The lowest BCUT2D eigenvalue weighted by molar-refractivity contribution is -0.137. The highest BCUT2D eigenvalue weighted by Gasteiger charge is 2.34. The van der Waals surface area contributed by atoms with Crippen molar-refractivity contribution in [1.82, 2.24) is 15.3 Å². The van der Waals surface area contributed by atoms with Crippen molar-refractivity contribution in [3.05, 3.63) is 58.1 Å². The molecule has 1 aliphatic rings. The van der Waals surface area contributed by atoms with Crippen LogP contribution in [-0.2, 0) is 23.9 Å². The molecule has 5 nitrogen and oxygen atoms in total. The molecule has 1 amide bonds. The van der Waals surface area contributed by atoms with Crippen molar-refractivity contribution in [3.8, 4) is 0 Å². The van der Waals surface area contributed by atoms with E-state index in [0.717, 1.165) is 18.9 Å². The minimum atomic E-state index is -4.58. The Balaban J connectivity index is 1.67. The number of carbonyl (C=O) groups is 2. The molecule has 0 atom stereocenters. The Hall–Kier alpha value is -2.48. The number of nitrogens with zero attached hydrogens (tertiary/aromatic N) is 2. The monoisotopic (exact) mass is 397 g/mol. The van der Waals surface area contributed by atoms with E-state index in [0.29, 0.717) is 0 Å². The molecule has 0 aliphatic heterocycles. The zero-order valence-electron chi connectivity index (χ0n) is 14.0. The number of hydrogen-bond acceptors (Lipinski definition) is 4. The van der Waals surface area contributed by atoms with Crippen LogP contribution in [0.25, 0.3) is 0 Å². The number of ketones is 1. The van der Waals surface area contributed by atoms with Crippen molar-refractivity contribution in [3.63, 3.8) is 0 Å². The third-order valence-corrected chi connectivity index (χ3v) is 4.57. The highest BCUT2D eigenvalue weighted by Crippen LogP contribution is 2.36. The number of benzene rings is 1. The molecule has 0 radical (unpaired) electrons. The number of carbonyl (C=O) groups excluding carboxylic acids is 2. The van der Waals surface area contributed by atoms with E-state index in [-0.39, 0.29) is 41.7 Å². The molecule has 2 aromatic rings. The first-order valence-corrected chi connectivity index (χ1v) is 8.61. The molecule has 0 bridgehead atoms. The molecule has 1 aromatic carbocycles. The lowest BCUT2D eigenvalue weighted by Gasteiger charge is -2.13. The zero-order chi connectivity index (χ0) is 19.6. The zero-order valence-corrected chi connectivity index (χ0v) is 14.8. The first-order chi connectivity index (χ1) is 12.8. The summed E-state index contributed by atoms with van der Waals surface area (Å²) in [6.07, 6.45) is -1.40. The van der Waals surface area contributed by atoms with Crippen molar-refractivity contribution in [2.75, 3.05) is 0 Å². The molecule has 27 heavy (non-hydrogen) atoms. The average molecular weight is 398 g/mol. The fourth-order valence-electron chi connectivity index (χ4n) is 2.52. The van der Waals surface area contributed by atoms with Crippen LogP contribution in [0.15, 0.2) is 30.5 Å². The van der Waals surface area contributed by atoms with Gasteiger partial charge in [-0.2, -0.15) is 13.2 Å². The molecule has 1 aromatic heterocycles. The van der Waals surface area contributed by atoms with Gasteiger partial charge in [-0.25, -0.2) is 9.97 Å². The Bertz CT molecular complexity index is 882. The Labute approximate surface area is 158 Å². The Morgan fingerprint density at radius 3 is 2.63 bits per heavy atom. The molecule has 1 aliphatic carbocycles. The maximum Gasteiger partial charge on any atom is 0.417 e. The van der Waals surface area contributed by atoms with Crippen LogP contribution in [-0.4, -0.2) is 21.7 Å². The van der Waals surface area contributed by atoms with Crippen LogP contribution in [0.3, 0.4) is 0 Å². The summed E-state index contributed by atoms with van der Waals surface area (Å²) >= 11 is 5.81. The standard InChI is InChI=1S/C18H15ClF3N3O2/c19-16-11(2-1-3-12(16)18(20,21)22)9-24-17(27)13-6-7-23-15(25-13)8-14(26)10-4-5-10/h1-3,6-7,10H,4-5,8-9H2,(H,24,27). The number of hydrogen-bond donors (Lipinski definition) is 1. The Morgan fingerprint density at radius 2 is 1.96 bits per heavy atom. The smallest absolute Gasteiger partial charge is 0.347 e. The SMILES string of the molecule is O=C(NCc1cccc(C(F)(F)F)c1Cl)c1ccnc(CC(=O)C2CC2)n1. The minimum Gasteiger partial charge on any atom is -0.347 e. The number of alkyl halides is 3. The Morgan fingerprint density at radius 1 is 1.22 bits per heavy atom. The maximum absolute atomic E-state index is 12.9. The van der Waals surface area contributed by atoms with Gasteiger partial charge in [-0.15, -0.1) is 0 Å². The predicted molar refractivity (Wildman–Crippen MR) is 91.1 cm³/mol. The molecule has 142 valence electrons. The first kappa shape index (κ1) is 19.3. The van der Waals surface area contributed by atoms with E-state index in [1.165, 1.54) is 24.4 Å². The summed E-state index contributed by atoms with van der Waals surface area (Å²) in [7, 11) is 0. The molecule has 0 spiro atoms. The summed E-state index contributed by atoms with van der Waals surface area (Å²) in [4.78, 5) is 32.1. The van der Waals surface area contributed by atoms with E-state index >= 15 is 0 Å². The predicted octanol–water partition coefficient (Wildman–Crippen LogP) is 3.60. The van der Waals surface area contributed by atoms with E-state index in [4.69, 9.17) is 11.6 Å². The average Bonchev–Trinajstić information content (AvgIpc) is 3.45. The van der Waals surface area contributed by atoms with E-state index in [1.807, 2.05) is 0 Å². The first-order valence-electron chi connectivity index (χ1n) is 8.23. The van der Waals surface area contributed by atoms with Crippen LogP contribution in [0.5, 0.6) is 0 Å². The van der Waals surface area contributed by atoms with Crippen LogP contribution in [0.2, 0.25) is 5.02 Å². The van der Waals surface area contributed by atoms with Gasteiger partial charge in [0.05, 0.1) is 17.0 Å². The van der Waals surface area contributed by atoms with Crippen molar-refractivity contribution in [1.29, 1.82) is 0 Å². The normalized spacial score (nSPS) is 14.1. The van der Waals surface area contributed by atoms with Crippen LogP contribution < -0.4 is 5.32 Å². The number of Topliss-reactive ketones (excluding diaryl/α,β-unsaturated/α-hetero) is 1. The number of amides is 1. The molecule has 1 N–H and O–H groups in total. The number of nitrogens with one attached hydrogen (secondary N) is 1. The summed E-state index contributed by atoms with van der Waals surface area (Å²) in [6.45, 7) is -0.193. The van der Waals surface area contributed by atoms with Crippen molar-refractivity contribution < 1.29 is 22.8 Å². The third kappa shape index (κ3) is 4.82. The van der Waals surface area contributed by atoms with Gasteiger partial charge in [-0.05, 0) is 30.5 Å². The summed E-state index contributed by atoms with van der Waals surface area (Å²) < 4.78 is 38.7. The van der Waals surface area contributed by atoms with Crippen molar-refractivity contribution in [2.24, 2.45) is 5.92 Å². The van der Waals surface area contributed by atoms with Crippen LogP contribution in [0.1, 0.15) is 40.3 Å². The van der Waals surface area contributed by atoms with E-state index < -0.39 is 22.7 Å². The largest absolute Gasteiger partial charge is 0.417 e. The number of halogens is 4. The molecule has 1 saturated carbocycles. The second kappa shape index (κ2) is 7.64. The van der Waals surface area contributed by atoms with Crippen LogP contribution in [0, 0.1) is 5.92 Å². The summed E-state index contributed by atoms with van der Waals surface area (Å²) in [5.41, 5.74) is -0.788. The van der Waals surface area contributed by atoms with Gasteiger partial charge in [-0.3, -0.25) is 9.59 Å². The molecular formula is C18H15ClF3N3O2. The van der Waals surface area contributed by atoms with Crippen molar-refractivity contribution >= 4 is 23.3 Å². The molecule has 3 rings (SSSR count). The highest BCUT2D eigenvalue weighted by molar-refractivity contribution is 6.32. The van der Waals surface area contributed by atoms with Crippen LogP contribution in [0.4, 0.5) is 13.2 Å². The van der Waals surface area contributed by atoms with Gasteiger partial charge < -0.3 is 5.32 Å². The lowest BCUT2D eigenvalue weighted by atomic mass is 10.1. The fraction of sp³-hybridized carbons (Fsp3) is 0.333. The third-order valence-electron chi connectivity index (χ3n) is 4.13. The van der Waals surface area contributed by atoms with Gasteiger partial charge >= 0.3 is 6.18 Å². The van der Waals surface area contributed by atoms with Crippen LogP contribution >= 0.6 is 11.6 Å². The van der Waals surface area contributed by atoms with Gasteiger partial charge in [-0.1, -0.05) is 23.7 Å². The quantitative estimate of drug-likeness (QED) is 0.808. The van der Waals surface area contributed by atoms with E-state index in [9.17, 15) is 22.8 Å². The summed E-state index contributed by atoms with van der Waals surface area (Å²) in [6, 6.07) is 4.87. The summed E-state index contributed by atoms with van der Waals surface area (Å²) in [5, 5.41) is 2.03. The summed E-state index contributed by atoms with van der Waals surface area (Å²) in [5.74, 6) is -0.236.